The molecular weight excluding hydrogens is 372 g/mol. The van der Waals surface area contributed by atoms with E-state index in [0.717, 1.165) is 25.7 Å². The van der Waals surface area contributed by atoms with Crippen LogP contribution in [0.4, 0.5) is 5.69 Å². The van der Waals surface area contributed by atoms with Crippen molar-refractivity contribution in [3.05, 3.63) is 60.2 Å². The minimum absolute atomic E-state index is 0.0257. The Balaban J connectivity index is 1.83. The summed E-state index contributed by atoms with van der Waals surface area (Å²) >= 11 is 0. The SMILES string of the molecule is CC(C)N(C(=O)c1ccc(S(=O)(=O)N(C)c2ccccc2)cc1)C1CCCC1. The standard InChI is InChI=1S/C22H28N2O3S/c1-17(2)24(20-11-7-8-12-20)22(25)18-13-15-21(16-14-18)28(26,27)23(3)19-9-5-4-6-10-19/h4-6,9-10,13-17,20H,7-8,11-12H2,1-3H3. The van der Waals surface area contributed by atoms with Gasteiger partial charge in [-0.1, -0.05) is 31.0 Å². The normalized spacial score (nSPS) is 15.0. The van der Waals surface area contributed by atoms with Crippen molar-refractivity contribution in [3.8, 4) is 0 Å². The molecule has 3 rings (SSSR count). The van der Waals surface area contributed by atoms with E-state index < -0.39 is 10.0 Å². The Hall–Kier alpha value is -2.34. The number of hydrogen-bond acceptors (Lipinski definition) is 3. The number of hydrogen-bond donors (Lipinski definition) is 0. The molecule has 0 radical (unpaired) electrons. The number of benzene rings is 2. The topological polar surface area (TPSA) is 57.7 Å². The fourth-order valence-electron chi connectivity index (χ4n) is 3.86. The Kier molecular flexibility index (Phi) is 6.08. The van der Waals surface area contributed by atoms with Gasteiger partial charge in [-0.05, 0) is 63.1 Å². The summed E-state index contributed by atoms with van der Waals surface area (Å²) in [7, 11) is -2.15. The zero-order valence-corrected chi connectivity index (χ0v) is 17.5. The lowest BCUT2D eigenvalue weighted by atomic mass is 10.1. The van der Waals surface area contributed by atoms with Crippen LogP contribution in [0.3, 0.4) is 0 Å². The van der Waals surface area contributed by atoms with Crippen LogP contribution < -0.4 is 4.31 Å². The van der Waals surface area contributed by atoms with Crippen LogP contribution >= 0.6 is 0 Å². The second kappa shape index (κ2) is 8.35. The van der Waals surface area contributed by atoms with Gasteiger partial charge in [0.15, 0.2) is 0 Å². The Morgan fingerprint density at radius 3 is 2.07 bits per heavy atom. The highest BCUT2D eigenvalue weighted by Gasteiger charge is 2.30. The maximum atomic E-state index is 13.1. The first-order valence-corrected chi connectivity index (χ1v) is 11.2. The molecule has 0 N–H and O–H groups in total. The van der Waals surface area contributed by atoms with Crippen molar-refractivity contribution in [1.29, 1.82) is 0 Å². The molecule has 5 nitrogen and oxygen atoms in total. The van der Waals surface area contributed by atoms with Gasteiger partial charge in [0.25, 0.3) is 15.9 Å². The van der Waals surface area contributed by atoms with Crippen molar-refractivity contribution in [2.45, 2.75) is 56.5 Å². The van der Waals surface area contributed by atoms with Gasteiger partial charge in [-0.3, -0.25) is 9.10 Å². The van der Waals surface area contributed by atoms with Crippen LogP contribution in [-0.2, 0) is 10.0 Å². The molecule has 1 fully saturated rings. The summed E-state index contributed by atoms with van der Waals surface area (Å²) in [6.45, 7) is 4.06. The smallest absolute Gasteiger partial charge is 0.264 e. The fraction of sp³-hybridized carbons (Fsp3) is 0.409. The maximum Gasteiger partial charge on any atom is 0.264 e. The molecule has 1 aliphatic rings. The number of rotatable bonds is 6. The largest absolute Gasteiger partial charge is 0.333 e. The van der Waals surface area contributed by atoms with Crippen LogP contribution in [0, 0.1) is 0 Å². The maximum absolute atomic E-state index is 13.1. The third kappa shape index (κ3) is 4.07. The van der Waals surface area contributed by atoms with E-state index in [1.165, 1.54) is 23.5 Å². The number of sulfonamides is 1. The molecule has 1 aliphatic carbocycles. The van der Waals surface area contributed by atoms with Crippen LogP contribution in [-0.4, -0.2) is 38.4 Å². The van der Waals surface area contributed by atoms with Gasteiger partial charge >= 0.3 is 0 Å². The molecule has 6 heteroatoms. The lowest BCUT2D eigenvalue weighted by Gasteiger charge is -2.33. The van der Waals surface area contributed by atoms with E-state index in [2.05, 4.69) is 0 Å². The van der Waals surface area contributed by atoms with Crippen molar-refractivity contribution in [2.75, 3.05) is 11.4 Å². The molecule has 0 heterocycles. The van der Waals surface area contributed by atoms with E-state index in [0.29, 0.717) is 11.3 Å². The highest BCUT2D eigenvalue weighted by atomic mass is 32.2. The summed E-state index contributed by atoms with van der Waals surface area (Å²) < 4.78 is 27.0. The highest BCUT2D eigenvalue weighted by Crippen LogP contribution is 2.27. The number of nitrogens with zero attached hydrogens (tertiary/aromatic N) is 2. The Morgan fingerprint density at radius 1 is 0.964 bits per heavy atom. The van der Waals surface area contributed by atoms with Gasteiger partial charge in [0.2, 0.25) is 0 Å². The van der Waals surface area contributed by atoms with Crippen LogP contribution in [0.1, 0.15) is 49.9 Å². The summed E-state index contributed by atoms with van der Waals surface area (Å²) in [5.74, 6) is -0.0257. The Bertz CT molecular complexity index is 903. The van der Waals surface area contributed by atoms with Gasteiger partial charge in [0.05, 0.1) is 10.6 Å². The monoisotopic (exact) mass is 400 g/mol. The van der Waals surface area contributed by atoms with E-state index in [1.54, 1.807) is 36.4 Å². The molecule has 0 bridgehead atoms. The molecule has 2 aromatic carbocycles. The summed E-state index contributed by atoms with van der Waals surface area (Å²) in [6.07, 6.45) is 4.39. The lowest BCUT2D eigenvalue weighted by Crippen LogP contribution is -2.43. The van der Waals surface area contributed by atoms with Gasteiger partial charge in [-0.15, -0.1) is 0 Å². The molecule has 0 unspecified atom stereocenters. The van der Waals surface area contributed by atoms with Gasteiger partial charge in [0.1, 0.15) is 0 Å². The van der Waals surface area contributed by atoms with E-state index >= 15 is 0 Å². The third-order valence-electron chi connectivity index (χ3n) is 5.39. The third-order valence-corrected chi connectivity index (χ3v) is 7.19. The minimum atomic E-state index is -3.68. The van der Waals surface area contributed by atoms with Crippen LogP contribution in [0.2, 0.25) is 0 Å². The predicted octanol–water partition coefficient (Wildman–Crippen LogP) is 4.30. The molecule has 0 spiro atoms. The zero-order valence-electron chi connectivity index (χ0n) is 16.7. The van der Waals surface area contributed by atoms with Crippen molar-refractivity contribution >= 4 is 21.6 Å². The van der Waals surface area contributed by atoms with Crippen LogP contribution in [0.5, 0.6) is 0 Å². The van der Waals surface area contributed by atoms with Crippen molar-refractivity contribution in [1.82, 2.24) is 4.90 Å². The first kappa shape index (κ1) is 20.4. The number of anilines is 1. The molecule has 0 atom stereocenters. The fourth-order valence-corrected chi connectivity index (χ4v) is 5.05. The first-order chi connectivity index (χ1) is 13.3. The second-order valence-corrected chi connectivity index (χ2v) is 9.55. The molecule has 28 heavy (non-hydrogen) atoms. The highest BCUT2D eigenvalue weighted by molar-refractivity contribution is 7.92. The average Bonchev–Trinajstić information content (AvgIpc) is 3.22. The summed E-state index contributed by atoms with van der Waals surface area (Å²) in [4.78, 5) is 15.2. The van der Waals surface area contributed by atoms with Crippen molar-refractivity contribution < 1.29 is 13.2 Å². The summed E-state index contributed by atoms with van der Waals surface area (Å²) in [6, 6.07) is 15.6. The number of carbonyl (C=O) groups excluding carboxylic acids is 1. The van der Waals surface area contributed by atoms with Crippen LogP contribution in [0.15, 0.2) is 59.5 Å². The van der Waals surface area contributed by atoms with Gasteiger partial charge in [0, 0.05) is 24.7 Å². The second-order valence-electron chi connectivity index (χ2n) is 7.58. The first-order valence-electron chi connectivity index (χ1n) is 9.79. The Labute approximate surface area is 168 Å². The summed E-state index contributed by atoms with van der Waals surface area (Å²) in [5, 5.41) is 0. The molecule has 1 saturated carbocycles. The van der Waals surface area contributed by atoms with Crippen LogP contribution in [0.25, 0.3) is 0 Å². The average molecular weight is 401 g/mol. The van der Waals surface area contributed by atoms with Gasteiger partial charge in [-0.25, -0.2) is 8.42 Å². The lowest BCUT2D eigenvalue weighted by molar-refractivity contribution is 0.0613. The molecule has 0 aromatic heterocycles. The van der Waals surface area contributed by atoms with E-state index in [9.17, 15) is 13.2 Å². The molecule has 2 aromatic rings. The molecule has 0 saturated heterocycles. The van der Waals surface area contributed by atoms with Gasteiger partial charge in [-0.2, -0.15) is 0 Å². The predicted molar refractivity (Wildman–Crippen MR) is 112 cm³/mol. The van der Waals surface area contributed by atoms with E-state index in [4.69, 9.17) is 0 Å². The molecule has 0 aliphatic heterocycles. The van der Waals surface area contributed by atoms with Gasteiger partial charge < -0.3 is 4.90 Å². The number of amides is 1. The summed E-state index contributed by atoms with van der Waals surface area (Å²) in [5.41, 5.74) is 1.12. The Morgan fingerprint density at radius 2 is 1.54 bits per heavy atom. The van der Waals surface area contributed by atoms with Crippen molar-refractivity contribution in [3.63, 3.8) is 0 Å². The minimum Gasteiger partial charge on any atom is -0.333 e. The number of carbonyl (C=O) groups is 1. The van der Waals surface area contributed by atoms with E-state index in [-0.39, 0.29) is 22.9 Å². The van der Waals surface area contributed by atoms with E-state index in [1.807, 2.05) is 24.8 Å². The number of para-hydroxylation sites is 1. The molecular formula is C22H28N2O3S. The van der Waals surface area contributed by atoms with Crippen molar-refractivity contribution in [2.24, 2.45) is 0 Å². The zero-order chi connectivity index (χ0) is 20.3. The molecule has 1 amide bonds. The molecule has 150 valence electrons. The quantitative estimate of drug-likeness (QED) is 0.726.